The molecular weight excluding hydrogens is 465 g/mol. The van der Waals surface area contributed by atoms with E-state index in [1.807, 2.05) is 48.5 Å². The Morgan fingerprint density at radius 2 is 1.84 bits per heavy atom. The minimum absolute atomic E-state index is 0.260. The highest BCUT2D eigenvalue weighted by Crippen LogP contribution is 2.33. The molecule has 37 heavy (non-hydrogen) atoms. The summed E-state index contributed by atoms with van der Waals surface area (Å²) in [6, 6.07) is 19.9. The van der Waals surface area contributed by atoms with Crippen molar-refractivity contribution in [2.24, 2.45) is 10.7 Å². The van der Waals surface area contributed by atoms with Gasteiger partial charge in [0.1, 0.15) is 29.6 Å². The summed E-state index contributed by atoms with van der Waals surface area (Å²) in [5.74, 6) is -0.724. The van der Waals surface area contributed by atoms with Crippen LogP contribution >= 0.6 is 0 Å². The Labute approximate surface area is 215 Å². The van der Waals surface area contributed by atoms with Crippen LogP contribution in [0.1, 0.15) is 51.8 Å². The van der Waals surface area contributed by atoms with E-state index in [0.717, 1.165) is 42.0 Å². The Hall–Kier alpha value is -3.94. The molecule has 4 aromatic rings. The fourth-order valence-electron chi connectivity index (χ4n) is 5.33. The SMILES string of the molecule is NCc1cccc(-n2cnc3c2C(=O)C(c2ccc(-c4ccccc4CN4CCCC4)cc2F)N=C3)c1. The third kappa shape index (κ3) is 4.41. The first-order valence-corrected chi connectivity index (χ1v) is 12.7. The normalized spacial score (nSPS) is 17.4. The number of nitrogens with zero attached hydrogens (tertiary/aromatic N) is 4. The van der Waals surface area contributed by atoms with Crippen LogP contribution in [0.5, 0.6) is 0 Å². The zero-order valence-corrected chi connectivity index (χ0v) is 20.5. The fourth-order valence-corrected chi connectivity index (χ4v) is 5.33. The molecule has 3 aromatic carbocycles. The molecule has 2 aliphatic heterocycles. The molecule has 0 spiro atoms. The molecular formula is C30H28FN5O. The van der Waals surface area contributed by atoms with Crippen LogP contribution in [0.2, 0.25) is 0 Å². The highest BCUT2D eigenvalue weighted by atomic mass is 19.1. The second kappa shape index (κ2) is 9.84. The van der Waals surface area contributed by atoms with Gasteiger partial charge in [-0.3, -0.25) is 19.3 Å². The van der Waals surface area contributed by atoms with Crippen LogP contribution in [0, 0.1) is 5.82 Å². The summed E-state index contributed by atoms with van der Waals surface area (Å²) >= 11 is 0. The lowest BCUT2D eigenvalue weighted by molar-refractivity contribution is 0.0952. The van der Waals surface area contributed by atoms with E-state index in [1.54, 1.807) is 23.2 Å². The number of hydrogen-bond donors (Lipinski definition) is 1. The van der Waals surface area contributed by atoms with E-state index in [4.69, 9.17) is 5.73 Å². The zero-order chi connectivity index (χ0) is 25.4. The molecule has 1 unspecified atom stereocenters. The standard InChI is InChI=1S/C30H28FN5O/c31-26-15-21(24-9-2-1-7-22(24)18-35-12-3-4-13-35)10-11-25(26)28-30(37)29-27(17-33-28)34-19-36(29)23-8-5-6-20(14-23)16-32/h1-2,5-11,14-15,17,19,28H,3-4,12-13,16,18,32H2. The van der Waals surface area contributed by atoms with Crippen molar-refractivity contribution in [3.63, 3.8) is 0 Å². The average Bonchev–Trinajstić information content (AvgIpc) is 3.60. The molecule has 0 aliphatic carbocycles. The summed E-state index contributed by atoms with van der Waals surface area (Å²) < 4.78 is 17.3. The minimum atomic E-state index is -0.963. The van der Waals surface area contributed by atoms with E-state index in [-0.39, 0.29) is 11.3 Å². The largest absolute Gasteiger partial charge is 0.326 e. The van der Waals surface area contributed by atoms with Gasteiger partial charge in [-0.25, -0.2) is 9.37 Å². The summed E-state index contributed by atoms with van der Waals surface area (Å²) in [4.78, 5) is 24.8. The van der Waals surface area contributed by atoms with Crippen LogP contribution < -0.4 is 5.73 Å². The van der Waals surface area contributed by atoms with Crippen molar-refractivity contribution in [1.82, 2.24) is 14.5 Å². The highest BCUT2D eigenvalue weighted by molar-refractivity contribution is 6.08. The molecule has 186 valence electrons. The Bertz CT molecular complexity index is 1500. The van der Waals surface area contributed by atoms with Crippen LogP contribution in [0.4, 0.5) is 4.39 Å². The number of aliphatic imine (C=N–C) groups is 1. The number of aromatic nitrogens is 2. The number of halogens is 1. The topological polar surface area (TPSA) is 76.5 Å². The van der Waals surface area contributed by atoms with Crippen LogP contribution in [-0.2, 0) is 13.1 Å². The van der Waals surface area contributed by atoms with E-state index >= 15 is 4.39 Å². The first kappa shape index (κ1) is 23.5. The molecule has 7 heteroatoms. The second-order valence-corrected chi connectivity index (χ2v) is 9.64. The van der Waals surface area contributed by atoms with Crippen molar-refractivity contribution in [3.8, 4) is 16.8 Å². The number of carbonyl (C=O) groups is 1. The molecule has 1 fully saturated rings. The molecule has 6 rings (SSSR count). The van der Waals surface area contributed by atoms with Crippen LogP contribution in [0.25, 0.3) is 16.8 Å². The number of nitrogens with two attached hydrogens (primary N) is 1. The molecule has 0 saturated carbocycles. The number of fused-ring (bicyclic) bond motifs is 1. The predicted molar refractivity (Wildman–Crippen MR) is 142 cm³/mol. The Morgan fingerprint density at radius 1 is 1.00 bits per heavy atom. The van der Waals surface area contributed by atoms with Crippen LogP contribution in [0.3, 0.4) is 0 Å². The second-order valence-electron chi connectivity index (χ2n) is 9.64. The van der Waals surface area contributed by atoms with E-state index < -0.39 is 11.9 Å². The van der Waals surface area contributed by atoms with E-state index in [2.05, 4.69) is 20.9 Å². The molecule has 1 atom stereocenters. The van der Waals surface area contributed by atoms with Crippen molar-refractivity contribution in [2.75, 3.05) is 13.1 Å². The summed E-state index contributed by atoms with van der Waals surface area (Å²) in [7, 11) is 0. The van der Waals surface area contributed by atoms with Gasteiger partial charge < -0.3 is 5.73 Å². The number of imidazole rings is 1. The van der Waals surface area contributed by atoms with Gasteiger partial charge in [-0.1, -0.05) is 48.5 Å². The highest BCUT2D eigenvalue weighted by Gasteiger charge is 2.32. The Morgan fingerprint density at radius 3 is 2.65 bits per heavy atom. The first-order valence-electron chi connectivity index (χ1n) is 12.7. The average molecular weight is 494 g/mol. The van der Waals surface area contributed by atoms with Gasteiger partial charge in [0.2, 0.25) is 5.78 Å². The van der Waals surface area contributed by atoms with E-state index in [1.165, 1.54) is 24.5 Å². The summed E-state index contributed by atoms with van der Waals surface area (Å²) in [5.41, 5.74) is 11.7. The summed E-state index contributed by atoms with van der Waals surface area (Å²) in [6.45, 7) is 3.43. The maximum Gasteiger partial charge on any atom is 0.210 e. The number of carbonyl (C=O) groups excluding carboxylic acids is 1. The molecule has 1 saturated heterocycles. The van der Waals surface area contributed by atoms with Gasteiger partial charge >= 0.3 is 0 Å². The van der Waals surface area contributed by atoms with Gasteiger partial charge in [-0.05, 0) is 66.4 Å². The lowest BCUT2D eigenvalue weighted by Gasteiger charge is -2.20. The minimum Gasteiger partial charge on any atom is -0.326 e. The lowest BCUT2D eigenvalue weighted by Crippen LogP contribution is -2.21. The van der Waals surface area contributed by atoms with Crippen molar-refractivity contribution in [3.05, 3.63) is 107 Å². The molecule has 6 nitrogen and oxygen atoms in total. The number of benzene rings is 3. The van der Waals surface area contributed by atoms with E-state index in [0.29, 0.717) is 17.9 Å². The van der Waals surface area contributed by atoms with Gasteiger partial charge in [-0.15, -0.1) is 0 Å². The number of likely N-dealkylation sites (tertiary alicyclic amines) is 1. The molecule has 1 aromatic heterocycles. The molecule has 0 radical (unpaired) electrons. The van der Waals surface area contributed by atoms with Gasteiger partial charge in [0.25, 0.3) is 0 Å². The number of ketones is 1. The van der Waals surface area contributed by atoms with Crippen LogP contribution in [0.15, 0.2) is 78.0 Å². The van der Waals surface area contributed by atoms with E-state index in [9.17, 15) is 4.79 Å². The quantitative estimate of drug-likeness (QED) is 0.406. The van der Waals surface area contributed by atoms with Crippen LogP contribution in [-0.4, -0.2) is 39.5 Å². The molecule has 3 heterocycles. The molecule has 2 aliphatic rings. The fraction of sp³-hybridized carbons (Fsp3) is 0.233. The molecule has 0 bridgehead atoms. The third-order valence-corrected chi connectivity index (χ3v) is 7.26. The maximum absolute atomic E-state index is 15.6. The Balaban J connectivity index is 1.31. The molecule has 2 N–H and O–H groups in total. The summed E-state index contributed by atoms with van der Waals surface area (Å²) in [6.07, 6.45) is 5.60. The summed E-state index contributed by atoms with van der Waals surface area (Å²) in [5, 5.41) is 0. The van der Waals surface area contributed by atoms with Crippen molar-refractivity contribution >= 4 is 12.0 Å². The smallest absolute Gasteiger partial charge is 0.210 e. The predicted octanol–water partition coefficient (Wildman–Crippen LogP) is 5.09. The third-order valence-electron chi connectivity index (χ3n) is 7.26. The monoisotopic (exact) mass is 493 g/mol. The van der Waals surface area contributed by atoms with Gasteiger partial charge in [0.15, 0.2) is 0 Å². The number of rotatable bonds is 6. The van der Waals surface area contributed by atoms with Crippen molar-refractivity contribution in [1.29, 1.82) is 0 Å². The van der Waals surface area contributed by atoms with Gasteiger partial charge in [0.05, 0.1) is 6.21 Å². The van der Waals surface area contributed by atoms with Gasteiger partial charge in [-0.2, -0.15) is 0 Å². The Kier molecular flexibility index (Phi) is 6.24. The number of Topliss-reactive ketones (excluding diaryl/α,β-unsaturated/α-hetero) is 1. The lowest BCUT2D eigenvalue weighted by atomic mass is 9.93. The first-order chi connectivity index (χ1) is 18.1. The van der Waals surface area contributed by atoms with Gasteiger partial charge in [0, 0.05) is 24.3 Å². The van der Waals surface area contributed by atoms with Crippen molar-refractivity contribution in [2.45, 2.75) is 32.0 Å². The number of hydrogen-bond acceptors (Lipinski definition) is 5. The van der Waals surface area contributed by atoms with Crippen molar-refractivity contribution < 1.29 is 9.18 Å². The maximum atomic E-state index is 15.6. The zero-order valence-electron chi connectivity index (χ0n) is 20.5. The molecule has 0 amide bonds.